The fourth-order valence-electron chi connectivity index (χ4n) is 2.75. The van der Waals surface area contributed by atoms with Crippen molar-refractivity contribution >= 4 is 23.7 Å². The summed E-state index contributed by atoms with van der Waals surface area (Å²) in [7, 11) is 2.92. The number of benzene rings is 1. The summed E-state index contributed by atoms with van der Waals surface area (Å²) < 4.78 is 21.0. The van der Waals surface area contributed by atoms with Crippen molar-refractivity contribution < 1.29 is 38.1 Å². The van der Waals surface area contributed by atoms with E-state index in [0.29, 0.717) is 17.1 Å². The summed E-state index contributed by atoms with van der Waals surface area (Å²) in [6.45, 7) is 1.12. The van der Waals surface area contributed by atoms with Crippen molar-refractivity contribution in [3.05, 3.63) is 18.2 Å². The zero-order valence-electron chi connectivity index (χ0n) is 14.9. The first kappa shape index (κ1) is 18.3. The number of nitrogens with zero attached hydrogens (tertiary/aromatic N) is 1. The molecule has 1 N–H and O–H groups in total. The number of esters is 1. The van der Waals surface area contributed by atoms with E-state index >= 15 is 0 Å². The fourth-order valence-corrected chi connectivity index (χ4v) is 2.75. The van der Waals surface area contributed by atoms with E-state index in [-0.39, 0.29) is 24.5 Å². The van der Waals surface area contributed by atoms with Gasteiger partial charge in [-0.3, -0.25) is 14.4 Å². The van der Waals surface area contributed by atoms with Gasteiger partial charge in [0.05, 0.1) is 14.2 Å². The molecule has 2 amide bonds. The lowest BCUT2D eigenvalue weighted by atomic mass is 10.1. The van der Waals surface area contributed by atoms with Crippen molar-refractivity contribution in [2.75, 3.05) is 19.1 Å². The van der Waals surface area contributed by atoms with Crippen LogP contribution in [-0.4, -0.2) is 37.1 Å². The van der Waals surface area contributed by atoms with E-state index in [4.69, 9.17) is 18.6 Å². The highest BCUT2D eigenvalue weighted by atomic mass is 16.6. The summed E-state index contributed by atoms with van der Waals surface area (Å²) in [5.74, 6) is -2.27. The average molecular weight is 375 g/mol. The molecule has 1 aliphatic heterocycles. The highest BCUT2D eigenvalue weighted by Crippen LogP contribution is 2.49. The van der Waals surface area contributed by atoms with Gasteiger partial charge in [-0.2, -0.15) is 0 Å². The highest BCUT2D eigenvalue weighted by Gasteiger charge is 2.38. The molecular formula is C18H17NO8. The van der Waals surface area contributed by atoms with Crippen LogP contribution in [0, 0.1) is 0 Å². The lowest BCUT2D eigenvalue weighted by molar-refractivity contribution is -0.132. The van der Waals surface area contributed by atoms with Gasteiger partial charge < -0.3 is 23.7 Å². The second-order valence-corrected chi connectivity index (χ2v) is 5.70. The molecule has 1 fully saturated rings. The van der Waals surface area contributed by atoms with Crippen molar-refractivity contribution in [3.63, 3.8) is 0 Å². The minimum atomic E-state index is -0.745. The molecule has 0 spiro atoms. The number of carbonyl (C=O) groups excluding carboxylic acids is 3. The van der Waals surface area contributed by atoms with Gasteiger partial charge in [-0.15, -0.1) is 0 Å². The van der Waals surface area contributed by atoms with Gasteiger partial charge in [0, 0.05) is 25.3 Å². The molecule has 0 unspecified atom stereocenters. The second kappa shape index (κ2) is 7.02. The van der Waals surface area contributed by atoms with E-state index < -0.39 is 29.3 Å². The molecule has 1 saturated heterocycles. The molecule has 2 aromatic rings. The van der Waals surface area contributed by atoms with Crippen LogP contribution in [0.1, 0.15) is 19.8 Å². The van der Waals surface area contributed by atoms with Crippen LogP contribution in [0.4, 0.5) is 5.88 Å². The maximum atomic E-state index is 12.1. The van der Waals surface area contributed by atoms with Crippen LogP contribution in [0.3, 0.4) is 0 Å². The Kier molecular flexibility index (Phi) is 4.76. The Morgan fingerprint density at radius 3 is 2.30 bits per heavy atom. The molecule has 9 nitrogen and oxygen atoms in total. The van der Waals surface area contributed by atoms with Crippen molar-refractivity contribution in [2.45, 2.75) is 19.8 Å². The Morgan fingerprint density at radius 2 is 1.74 bits per heavy atom. The van der Waals surface area contributed by atoms with E-state index in [1.807, 2.05) is 0 Å². The maximum Gasteiger partial charge on any atom is 0.308 e. The molecule has 0 bridgehead atoms. The Hall–Kier alpha value is -3.49. The third-order valence-electron chi connectivity index (χ3n) is 3.97. The molecule has 0 saturated carbocycles. The van der Waals surface area contributed by atoms with Crippen molar-refractivity contribution in [3.8, 4) is 34.3 Å². The van der Waals surface area contributed by atoms with E-state index in [1.165, 1.54) is 20.3 Å². The number of methoxy groups -OCH3 is 2. The minimum Gasteiger partial charge on any atom is -0.502 e. The first-order chi connectivity index (χ1) is 12.9. The number of furan rings is 1. The number of ether oxygens (including phenoxy) is 3. The molecule has 1 aliphatic rings. The van der Waals surface area contributed by atoms with Crippen molar-refractivity contribution in [1.82, 2.24) is 0 Å². The number of amides is 2. The predicted octanol–water partition coefficient (Wildman–Crippen LogP) is 2.25. The van der Waals surface area contributed by atoms with Gasteiger partial charge in [0.2, 0.25) is 23.3 Å². The number of aromatic hydroxyl groups is 1. The molecule has 2 heterocycles. The van der Waals surface area contributed by atoms with Gasteiger partial charge in [-0.05, 0) is 18.2 Å². The Balaban J connectivity index is 2.16. The average Bonchev–Trinajstić information content (AvgIpc) is 3.13. The van der Waals surface area contributed by atoms with Gasteiger partial charge in [-0.1, -0.05) is 0 Å². The number of carbonyl (C=O) groups is 3. The first-order valence-electron chi connectivity index (χ1n) is 7.99. The molecule has 3 rings (SSSR count). The minimum absolute atomic E-state index is 0.00546. The summed E-state index contributed by atoms with van der Waals surface area (Å²) >= 11 is 0. The van der Waals surface area contributed by atoms with Crippen LogP contribution in [0.5, 0.6) is 23.0 Å². The maximum absolute atomic E-state index is 12.1. The van der Waals surface area contributed by atoms with Gasteiger partial charge in [0.25, 0.3) is 5.88 Å². The number of rotatable bonds is 5. The molecule has 27 heavy (non-hydrogen) atoms. The monoisotopic (exact) mass is 375 g/mol. The Bertz CT molecular complexity index is 914. The lowest BCUT2D eigenvalue weighted by Crippen LogP contribution is -2.28. The summed E-state index contributed by atoms with van der Waals surface area (Å²) in [5.41, 5.74) is 0.365. The molecule has 1 aromatic carbocycles. The van der Waals surface area contributed by atoms with E-state index in [1.54, 1.807) is 12.1 Å². The first-order valence-corrected chi connectivity index (χ1v) is 7.99. The molecule has 0 aliphatic carbocycles. The third kappa shape index (κ3) is 3.19. The normalized spacial score (nSPS) is 13.8. The largest absolute Gasteiger partial charge is 0.502 e. The summed E-state index contributed by atoms with van der Waals surface area (Å²) in [6, 6.07) is 4.70. The van der Waals surface area contributed by atoms with Gasteiger partial charge in [0.15, 0.2) is 17.3 Å². The van der Waals surface area contributed by atoms with Crippen LogP contribution in [0.15, 0.2) is 22.6 Å². The molecule has 9 heteroatoms. The molecular weight excluding hydrogens is 358 g/mol. The number of hydrogen-bond acceptors (Lipinski definition) is 8. The lowest BCUT2D eigenvalue weighted by Gasteiger charge is -2.11. The number of hydrogen-bond donors (Lipinski definition) is 1. The number of imide groups is 1. The highest BCUT2D eigenvalue weighted by molar-refractivity contribution is 6.20. The summed E-state index contributed by atoms with van der Waals surface area (Å²) in [5, 5.41) is 10.5. The fraction of sp³-hybridized carbons (Fsp3) is 0.278. The van der Waals surface area contributed by atoms with Crippen LogP contribution < -0.4 is 19.1 Å². The zero-order valence-corrected chi connectivity index (χ0v) is 14.9. The summed E-state index contributed by atoms with van der Waals surface area (Å²) in [4.78, 5) is 36.3. The second-order valence-electron chi connectivity index (χ2n) is 5.70. The quantitative estimate of drug-likeness (QED) is 0.625. The Morgan fingerprint density at radius 1 is 1.11 bits per heavy atom. The standard InChI is InChI=1S/C18H17NO8/c1-9(20)26-17-15(23)16(10-4-5-11(24-2)12(8-10)25-3)27-18(17)19-13(21)6-7-14(19)22/h4-5,8,23H,6-7H2,1-3H3. The van der Waals surface area contributed by atoms with Gasteiger partial charge in [-0.25, -0.2) is 4.90 Å². The number of anilines is 1. The molecule has 0 atom stereocenters. The van der Waals surface area contributed by atoms with Crippen molar-refractivity contribution in [2.24, 2.45) is 0 Å². The van der Waals surface area contributed by atoms with Crippen LogP contribution in [-0.2, 0) is 14.4 Å². The third-order valence-corrected chi connectivity index (χ3v) is 3.97. The summed E-state index contributed by atoms with van der Waals surface area (Å²) in [6.07, 6.45) is 0.0109. The van der Waals surface area contributed by atoms with Crippen LogP contribution in [0.2, 0.25) is 0 Å². The SMILES string of the molecule is COc1ccc(-c2oc(N3C(=O)CCC3=O)c(OC(C)=O)c2O)cc1OC. The van der Waals surface area contributed by atoms with Crippen molar-refractivity contribution in [1.29, 1.82) is 0 Å². The van der Waals surface area contributed by atoms with E-state index in [0.717, 1.165) is 11.8 Å². The molecule has 1 aromatic heterocycles. The molecule has 142 valence electrons. The van der Waals surface area contributed by atoms with Crippen LogP contribution in [0.25, 0.3) is 11.3 Å². The zero-order chi connectivity index (χ0) is 19.7. The van der Waals surface area contributed by atoms with E-state index in [2.05, 4.69) is 0 Å². The van der Waals surface area contributed by atoms with E-state index in [9.17, 15) is 19.5 Å². The van der Waals surface area contributed by atoms with Gasteiger partial charge in [0.1, 0.15) is 0 Å². The smallest absolute Gasteiger partial charge is 0.308 e. The predicted molar refractivity (Wildman–Crippen MR) is 91.9 cm³/mol. The Labute approximate surface area is 154 Å². The van der Waals surface area contributed by atoms with Crippen LogP contribution >= 0.6 is 0 Å². The topological polar surface area (TPSA) is 116 Å². The molecule has 0 radical (unpaired) electrons. The van der Waals surface area contributed by atoms with Gasteiger partial charge >= 0.3 is 5.97 Å².